The van der Waals surface area contributed by atoms with Gasteiger partial charge in [-0.3, -0.25) is 14.5 Å². The number of carbonyl (C=O) groups is 2. The molecule has 2 atom stereocenters. The first-order valence-corrected chi connectivity index (χ1v) is 14.3. The topological polar surface area (TPSA) is 85.6 Å². The number of likely N-dealkylation sites (tertiary alicyclic amines) is 1. The molecule has 0 spiro atoms. The molecule has 0 aliphatic carbocycles. The Morgan fingerprint density at radius 3 is 2.62 bits per heavy atom. The van der Waals surface area contributed by atoms with E-state index in [1.807, 2.05) is 69.6 Å². The summed E-state index contributed by atoms with van der Waals surface area (Å²) in [6, 6.07) is 7.38. The van der Waals surface area contributed by atoms with Crippen molar-refractivity contribution < 1.29 is 14.5 Å². The van der Waals surface area contributed by atoms with Crippen LogP contribution in [0.3, 0.4) is 0 Å². The van der Waals surface area contributed by atoms with Gasteiger partial charge in [0.25, 0.3) is 11.8 Å². The average molecular weight is 549 g/mol. The largest absolute Gasteiger partial charge is 0.322 e. The van der Waals surface area contributed by atoms with Gasteiger partial charge in [0.1, 0.15) is 10.9 Å². The van der Waals surface area contributed by atoms with E-state index in [1.165, 1.54) is 0 Å². The number of hydrogen-bond donors (Lipinski definition) is 1. The van der Waals surface area contributed by atoms with Crippen LogP contribution >= 0.6 is 11.3 Å². The van der Waals surface area contributed by atoms with Gasteiger partial charge in [0, 0.05) is 32.0 Å². The first-order chi connectivity index (χ1) is 18.6. The maximum atomic E-state index is 14.0. The zero-order valence-electron chi connectivity index (χ0n) is 23.4. The van der Waals surface area contributed by atoms with Crippen molar-refractivity contribution in [1.82, 2.24) is 20.2 Å². The van der Waals surface area contributed by atoms with E-state index < -0.39 is 11.7 Å². The highest BCUT2D eigenvalue weighted by Gasteiger charge is 2.55. The molecule has 3 heterocycles. The number of nitrogens with zero attached hydrogens (tertiary/aromatic N) is 4. The minimum Gasteiger partial charge on any atom is -0.322 e. The Hall–Kier alpha value is -3.59. The van der Waals surface area contributed by atoms with Crippen LogP contribution in [0.4, 0.5) is 0 Å². The summed E-state index contributed by atoms with van der Waals surface area (Å²) >= 11 is 1.61. The van der Waals surface area contributed by atoms with E-state index in [4.69, 9.17) is 0 Å². The number of thiazole rings is 1. The molecular weight excluding hydrogens is 510 g/mol. The van der Waals surface area contributed by atoms with E-state index in [1.54, 1.807) is 34.1 Å². The predicted octanol–water partition coefficient (Wildman–Crippen LogP) is 5.17. The highest BCUT2D eigenvalue weighted by atomic mass is 32.1. The van der Waals surface area contributed by atoms with Gasteiger partial charge in [-0.15, -0.1) is 16.8 Å². The number of allylic oxidation sites excluding steroid dienone is 1. The molecule has 0 radical (unpaired) electrons. The fourth-order valence-corrected chi connectivity index (χ4v) is 6.36. The first kappa shape index (κ1) is 28.4. The van der Waals surface area contributed by atoms with Crippen molar-refractivity contribution in [3.05, 3.63) is 81.9 Å². The minimum atomic E-state index is -1.06. The maximum absolute atomic E-state index is 14.0. The second-order valence-corrected chi connectivity index (χ2v) is 11.5. The van der Waals surface area contributed by atoms with Crippen LogP contribution in [0, 0.1) is 17.7 Å². The minimum absolute atomic E-state index is 0.129. The number of hydrogen-bond acceptors (Lipinski definition) is 5. The summed E-state index contributed by atoms with van der Waals surface area (Å²) in [5, 5.41) is 0. The number of benzene rings is 1. The van der Waals surface area contributed by atoms with Crippen LogP contribution in [0.25, 0.3) is 10.4 Å². The molecule has 1 fully saturated rings. The fourth-order valence-electron chi connectivity index (χ4n) is 5.55. The van der Waals surface area contributed by atoms with E-state index in [0.717, 1.165) is 32.1 Å². The molecule has 1 saturated heterocycles. The van der Waals surface area contributed by atoms with Crippen LogP contribution in [-0.2, 0) is 16.1 Å². The summed E-state index contributed by atoms with van der Waals surface area (Å²) in [7, 11) is 0. The lowest BCUT2D eigenvalue weighted by Gasteiger charge is -2.36. The van der Waals surface area contributed by atoms with Gasteiger partial charge in [0.05, 0.1) is 27.5 Å². The van der Waals surface area contributed by atoms with Crippen molar-refractivity contribution in [1.29, 1.82) is 0 Å². The van der Waals surface area contributed by atoms with Crippen molar-refractivity contribution >= 4 is 23.2 Å². The number of aromatic nitrogens is 1. The Balaban J connectivity index is 1.47. The Labute approximate surface area is 234 Å². The average Bonchev–Trinajstić information content (AvgIpc) is 3.60. The van der Waals surface area contributed by atoms with Crippen LogP contribution in [-0.4, -0.2) is 56.3 Å². The molecule has 2 aliphatic heterocycles. The zero-order valence-corrected chi connectivity index (χ0v) is 24.3. The third kappa shape index (κ3) is 5.45. The molecule has 2 amide bonds. The van der Waals surface area contributed by atoms with Gasteiger partial charge >= 0.3 is 5.66 Å². The number of nitroso groups, excluding NO2 is 1. The third-order valence-electron chi connectivity index (χ3n) is 7.68. The molecule has 2 aromatic rings. The predicted molar refractivity (Wildman–Crippen MR) is 154 cm³/mol. The van der Waals surface area contributed by atoms with Crippen LogP contribution in [0.2, 0.25) is 0 Å². The van der Waals surface area contributed by atoms with Crippen molar-refractivity contribution in [2.75, 3.05) is 13.1 Å². The lowest BCUT2D eigenvalue weighted by Crippen LogP contribution is -2.61. The van der Waals surface area contributed by atoms with Gasteiger partial charge in [-0.25, -0.2) is 4.98 Å². The molecule has 39 heavy (non-hydrogen) atoms. The van der Waals surface area contributed by atoms with E-state index >= 15 is 0 Å². The van der Waals surface area contributed by atoms with Gasteiger partial charge in [-0.05, 0) is 42.9 Å². The number of amides is 2. The van der Waals surface area contributed by atoms with Crippen molar-refractivity contribution in [3.63, 3.8) is 0 Å². The van der Waals surface area contributed by atoms with Crippen molar-refractivity contribution in [3.8, 4) is 10.4 Å². The first-order valence-electron chi connectivity index (χ1n) is 13.4. The van der Waals surface area contributed by atoms with E-state index in [0.29, 0.717) is 38.0 Å². The zero-order chi connectivity index (χ0) is 28.3. The van der Waals surface area contributed by atoms with Gasteiger partial charge in [-0.1, -0.05) is 62.9 Å². The van der Waals surface area contributed by atoms with Crippen LogP contribution in [0.5, 0.6) is 0 Å². The number of rotatable bonds is 10. The normalized spacial score (nSPS) is 20.4. The molecule has 4 rings (SSSR count). The molecule has 8 nitrogen and oxygen atoms in total. The van der Waals surface area contributed by atoms with E-state index in [-0.39, 0.29) is 17.7 Å². The van der Waals surface area contributed by atoms with Crippen molar-refractivity contribution in [2.24, 2.45) is 5.92 Å². The quantitative estimate of drug-likeness (QED) is 0.327. The summed E-state index contributed by atoms with van der Waals surface area (Å²) in [6.07, 6.45) is 6.59. The molecule has 9 heteroatoms. The van der Waals surface area contributed by atoms with Crippen LogP contribution < -0.4 is 5.43 Å². The van der Waals surface area contributed by atoms with Gasteiger partial charge in [0.2, 0.25) is 0 Å². The monoisotopic (exact) mass is 548 g/mol. The molecule has 2 aliphatic rings. The van der Waals surface area contributed by atoms with E-state index in [9.17, 15) is 14.5 Å². The molecular formula is C30H38N5O3S+. The Morgan fingerprint density at radius 1 is 1.31 bits per heavy atom. The lowest BCUT2D eigenvalue weighted by atomic mass is 9.99. The molecule has 206 valence electrons. The summed E-state index contributed by atoms with van der Waals surface area (Å²) in [4.78, 5) is 50.3. The summed E-state index contributed by atoms with van der Waals surface area (Å²) in [5.74, 6) is -0.522. The molecule has 1 N–H and O–H groups in total. The highest BCUT2D eigenvalue weighted by molar-refractivity contribution is 7.13. The fraction of sp³-hybridized carbons (Fsp3) is 0.433. The van der Waals surface area contributed by atoms with E-state index in [2.05, 4.69) is 17.0 Å². The smallest absolute Gasteiger partial charge is 0.316 e. The number of carbonyl (C=O) groups excluding carboxylic acids is 2. The third-order valence-corrected chi connectivity index (χ3v) is 8.65. The molecule has 0 saturated carbocycles. The van der Waals surface area contributed by atoms with Crippen LogP contribution in [0.15, 0.2) is 65.7 Å². The molecule has 0 bridgehead atoms. The summed E-state index contributed by atoms with van der Waals surface area (Å²) in [5.41, 5.74) is 8.19. The highest BCUT2D eigenvalue weighted by Crippen LogP contribution is 2.34. The van der Waals surface area contributed by atoms with Gasteiger partial charge in [-0.2, -0.15) is 0 Å². The molecule has 2 unspecified atom stereocenters. The van der Waals surface area contributed by atoms with Crippen LogP contribution in [0.1, 0.15) is 51.8 Å². The van der Waals surface area contributed by atoms with Gasteiger partial charge < -0.3 is 4.90 Å². The molecule has 1 aromatic carbocycles. The standard InChI is InChI=1S/C30H38N5O3S/c1-7-10-24-18-33(28(36)25(24)8-2)26(20(3)4)29(37)34-16-9-15-30(34,6)35(38)32-17-22-11-13-23(14-12-22)27-21(5)31-19-39-27/h7-8,10-14,19-20,26H,2,9,15-18H2,1,3-6H3,(H,32,38)/q+1/b10-7-. The van der Waals surface area contributed by atoms with Gasteiger partial charge in [0.15, 0.2) is 0 Å². The SMILES string of the molecule is C=CC1=C(/C=C\C)CN(C(C(=O)N2CCCC2(C)[N+](=O)NCc2ccc(-c3scnc3C)cc2)C(C)C)C1=O. The number of nitrogens with one attached hydrogen (secondary N) is 1. The second-order valence-electron chi connectivity index (χ2n) is 10.7. The number of aryl methyl sites for hydroxylation is 1. The Morgan fingerprint density at radius 2 is 2.03 bits per heavy atom. The van der Waals surface area contributed by atoms with Crippen molar-refractivity contribution in [2.45, 2.75) is 65.7 Å². The molecule has 1 aromatic heterocycles. The summed E-state index contributed by atoms with van der Waals surface area (Å²) < 4.78 is 0. The number of hydrazine groups is 1. The Bertz CT molecular complexity index is 1330. The Kier molecular flexibility index (Phi) is 8.49. The second kappa shape index (κ2) is 11.7. The lowest BCUT2D eigenvalue weighted by molar-refractivity contribution is -0.693. The maximum Gasteiger partial charge on any atom is 0.316 e. The summed E-state index contributed by atoms with van der Waals surface area (Å²) in [6.45, 7) is 14.5.